The highest BCUT2D eigenvalue weighted by Gasteiger charge is 2.38. The van der Waals surface area contributed by atoms with Gasteiger partial charge in [0.1, 0.15) is 12.4 Å². The topological polar surface area (TPSA) is 110 Å². The summed E-state index contributed by atoms with van der Waals surface area (Å²) in [5.41, 5.74) is 3.45. The number of fused-ring (bicyclic) bond motifs is 1. The summed E-state index contributed by atoms with van der Waals surface area (Å²) >= 11 is 0. The highest BCUT2D eigenvalue weighted by molar-refractivity contribution is 5.98. The normalized spacial score (nSPS) is 31.2. The van der Waals surface area contributed by atoms with E-state index in [-0.39, 0.29) is 25.6 Å². The van der Waals surface area contributed by atoms with Gasteiger partial charge in [-0.3, -0.25) is 10.2 Å². The summed E-state index contributed by atoms with van der Waals surface area (Å²) in [7, 11) is 0. The maximum Gasteiger partial charge on any atom is 0.202 e. The van der Waals surface area contributed by atoms with Crippen LogP contribution in [0.4, 0.5) is 0 Å². The van der Waals surface area contributed by atoms with Crippen LogP contribution in [-0.2, 0) is 4.74 Å². The fourth-order valence-electron chi connectivity index (χ4n) is 2.28. The van der Waals surface area contributed by atoms with Gasteiger partial charge in [-0.25, -0.2) is 21.4 Å². The molecule has 3 aliphatic heterocycles. The van der Waals surface area contributed by atoms with Crippen molar-refractivity contribution in [3.05, 3.63) is 11.9 Å². The van der Waals surface area contributed by atoms with Gasteiger partial charge in [0.05, 0.1) is 12.7 Å². The number of hydrazine groups is 2. The summed E-state index contributed by atoms with van der Waals surface area (Å²) in [6.45, 7) is 0.162. The summed E-state index contributed by atoms with van der Waals surface area (Å²) in [5, 5.41) is 26.8. The van der Waals surface area contributed by atoms with Crippen LogP contribution in [0.3, 0.4) is 0 Å². The van der Waals surface area contributed by atoms with Crippen LogP contribution in [0.25, 0.3) is 0 Å². The molecule has 3 rings (SSSR count). The molecule has 1 fully saturated rings. The third kappa shape index (κ3) is 1.77. The van der Waals surface area contributed by atoms with Crippen molar-refractivity contribution in [1.82, 2.24) is 20.6 Å². The number of aliphatic hydroxyl groups is 1. The number of aliphatic hydroxyl groups excluding tert-OH is 1. The first-order valence-corrected chi connectivity index (χ1v) is 5.78. The molecule has 0 unspecified atom stereocenters. The average Bonchev–Trinajstić information content (AvgIpc) is 2.93. The van der Waals surface area contributed by atoms with Gasteiger partial charge < -0.3 is 9.84 Å². The molecular formula is C9H16N6O3. The SMILES string of the molecule is NN1C=C2C(=NNN2[C@H]2CC[C@@H](CO)O2)N(O)C1. The zero-order chi connectivity index (χ0) is 12.7. The summed E-state index contributed by atoms with van der Waals surface area (Å²) in [6.07, 6.45) is 2.87. The molecule has 0 aromatic heterocycles. The van der Waals surface area contributed by atoms with Crippen molar-refractivity contribution >= 4 is 5.84 Å². The second-order valence-electron chi connectivity index (χ2n) is 4.45. The van der Waals surface area contributed by atoms with E-state index < -0.39 is 0 Å². The Balaban J connectivity index is 1.77. The minimum absolute atomic E-state index is 0.00619. The second kappa shape index (κ2) is 4.28. The third-order valence-corrected chi connectivity index (χ3v) is 3.16. The van der Waals surface area contributed by atoms with E-state index in [9.17, 15) is 5.21 Å². The Morgan fingerprint density at radius 1 is 1.56 bits per heavy atom. The van der Waals surface area contributed by atoms with Gasteiger partial charge in [-0.05, 0) is 12.8 Å². The molecule has 0 aliphatic carbocycles. The van der Waals surface area contributed by atoms with Crippen LogP contribution in [0.15, 0.2) is 17.0 Å². The number of rotatable bonds is 2. The van der Waals surface area contributed by atoms with Crippen molar-refractivity contribution in [3.8, 4) is 0 Å². The van der Waals surface area contributed by atoms with Gasteiger partial charge in [0.2, 0.25) is 5.84 Å². The number of ether oxygens (including phenoxy) is 1. The van der Waals surface area contributed by atoms with Crippen molar-refractivity contribution in [2.75, 3.05) is 13.3 Å². The molecule has 9 nitrogen and oxygen atoms in total. The van der Waals surface area contributed by atoms with E-state index >= 15 is 0 Å². The van der Waals surface area contributed by atoms with Crippen LogP contribution < -0.4 is 11.4 Å². The average molecular weight is 256 g/mol. The number of nitrogens with one attached hydrogen (secondary N) is 1. The fraction of sp³-hybridized carbons (Fsp3) is 0.667. The van der Waals surface area contributed by atoms with Crippen LogP contribution >= 0.6 is 0 Å². The summed E-state index contributed by atoms with van der Waals surface area (Å²) < 4.78 is 5.65. The molecule has 100 valence electrons. The second-order valence-corrected chi connectivity index (χ2v) is 4.45. The van der Waals surface area contributed by atoms with Gasteiger partial charge in [0.25, 0.3) is 0 Å². The van der Waals surface area contributed by atoms with Crippen LogP contribution in [0.2, 0.25) is 0 Å². The number of amidine groups is 1. The first-order valence-electron chi connectivity index (χ1n) is 5.78. The Labute approximate surface area is 104 Å². The molecule has 1 saturated heterocycles. The quantitative estimate of drug-likeness (QED) is 0.433. The first kappa shape index (κ1) is 11.5. The largest absolute Gasteiger partial charge is 0.394 e. The van der Waals surface area contributed by atoms with Crippen molar-refractivity contribution in [3.63, 3.8) is 0 Å². The molecule has 9 heteroatoms. The summed E-state index contributed by atoms with van der Waals surface area (Å²) in [4.78, 5) is 0. The van der Waals surface area contributed by atoms with Crippen molar-refractivity contribution in [2.24, 2.45) is 10.9 Å². The maximum absolute atomic E-state index is 9.70. The lowest BCUT2D eigenvalue weighted by molar-refractivity contribution is -0.0743. The van der Waals surface area contributed by atoms with E-state index in [2.05, 4.69) is 10.6 Å². The van der Waals surface area contributed by atoms with Crippen LogP contribution in [0.1, 0.15) is 12.8 Å². The standard InChI is InChI=1S/C9H16N6O3/c10-13-3-7-9(14(17)5-13)11-12-15(7)8-2-1-6(4-16)18-8/h3,6,8,12,16-17H,1-2,4-5,10H2/t6-,8+/m0/s1. The predicted octanol–water partition coefficient (Wildman–Crippen LogP) is -1.70. The van der Waals surface area contributed by atoms with E-state index in [0.29, 0.717) is 11.5 Å². The molecule has 0 saturated carbocycles. The first-order chi connectivity index (χ1) is 8.69. The Bertz CT molecular complexity index is 400. The fourth-order valence-corrected chi connectivity index (χ4v) is 2.28. The molecule has 3 heterocycles. The Morgan fingerprint density at radius 2 is 2.39 bits per heavy atom. The lowest BCUT2D eigenvalue weighted by Gasteiger charge is -2.32. The zero-order valence-electron chi connectivity index (χ0n) is 9.73. The van der Waals surface area contributed by atoms with E-state index in [1.807, 2.05) is 0 Å². The lowest BCUT2D eigenvalue weighted by Crippen LogP contribution is -2.49. The van der Waals surface area contributed by atoms with Gasteiger partial charge in [0.15, 0.2) is 6.23 Å². The summed E-state index contributed by atoms with van der Waals surface area (Å²) in [6, 6.07) is 0. The molecule has 0 radical (unpaired) electrons. The number of hydrogen-bond acceptors (Lipinski definition) is 9. The molecule has 0 bridgehead atoms. The van der Waals surface area contributed by atoms with Gasteiger partial charge >= 0.3 is 0 Å². The van der Waals surface area contributed by atoms with Crippen LogP contribution in [-0.4, -0.2) is 56.8 Å². The third-order valence-electron chi connectivity index (χ3n) is 3.16. The molecule has 0 aromatic rings. The molecule has 2 atom stereocenters. The highest BCUT2D eigenvalue weighted by Crippen LogP contribution is 2.28. The molecule has 0 aromatic carbocycles. The van der Waals surface area contributed by atoms with Gasteiger partial charge in [-0.1, -0.05) is 0 Å². The molecule has 18 heavy (non-hydrogen) atoms. The number of hydrazone groups is 1. The van der Waals surface area contributed by atoms with Crippen LogP contribution in [0.5, 0.6) is 0 Å². The van der Waals surface area contributed by atoms with Crippen molar-refractivity contribution in [1.29, 1.82) is 0 Å². The molecule has 0 spiro atoms. The molecular weight excluding hydrogens is 240 g/mol. The van der Waals surface area contributed by atoms with Gasteiger partial charge in [-0.2, -0.15) is 0 Å². The van der Waals surface area contributed by atoms with Gasteiger partial charge in [-0.15, -0.1) is 5.10 Å². The number of nitrogens with two attached hydrogens (primary N) is 1. The van der Waals surface area contributed by atoms with Crippen LogP contribution in [0, 0.1) is 0 Å². The molecule has 5 N–H and O–H groups in total. The molecule has 0 amide bonds. The monoisotopic (exact) mass is 256 g/mol. The van der Waals surface area contributed by atoms with Crippen molar-refractivity contribution < 1.29 is 15.1 Å². The summed E-state index contributed by atoms with van der Waals surface area (Å²) in [5.74, 6) is 6.07. The van der Waals surface area contributed by atoms with E-state index in [4.69, 9.17) is 15.7 Å². The Morgan fingerprint density at radius 3 is 3.11 bits per heavy atom. The number of nitrogens with zero attached hydrogens (tertiary/aromatic N) is 4. The zero-order valence-corrected chi connectivity index (χ0v) is 9.73. The maximum atomic E-state index is 9.70. The number of hydroxylamine groups is 2. The van der Waals surface area contributed by atoms with E-state index in [0.717, 1.165) is 17.9 Å². The smallest absolute Gasteiger partial charge is 0.202 e. The predicted molar refractivity (Wildman–Crippen MR) is 60.0 cm³/mol. The van der Waals surface area contributed by atoms with E-state index in [1.54, 1.807) is 11.2 Å². The highest BCUT2D eigenvalue weighted by atomic mass is 16.5. The van der Waals surface area contributed by atoms with E-state index in [1.165, 1.54) is 5.01 Å². The Kier molecular flexibility index (Phi) is 2.74. The van der Waals surface area contributed by atoms with Gasteiger partial charge in [0, 0.05) is 6.20 Å². The van der Waals surface area contributed by atoms with Crippen molar-refractivity contribution in [2.45, 2.75) is 25.2 Å². The minimum Gasteiger partial charge on any atom is -0.394 e. The molecule has 3 aliphatic rings. The number of hydrogen-bond donors (Lipinski definition) is 4. The minimum atomic E-state index is -0.227. The Hall–Kier alpha value is -1.55. The lowest BCUT2D eigenvalue weighted by atomic mass is 10.2.